The molecular weight excluding hydrogens is 234 g/mol. The van der Waals surface area contributed by atoms with Crippen molar-refractivity contribution in [2.45, 2.75) is 6.42 Å². The van der Waals surface area contributed by atoms with Crippen molar-refractivity contribution in [2.75, 3.05) is 23.9 Å². The minimum atomic E-state index is 0.576. The van der Waals surface area contributed by atoms with Gasteiger partial charge in [-0.25, -0.2) is 9.97 Å². The van der Waals surface area contributed by atoms with E-state index in [1.165, 1.54) is 0 Å². The highest BCUT2D eigenvalue weighted by atomic mass is 35.5. The van der Waals surface area contributed by atoms with E-state index in [1.807, 2.05) is 30.5 Å². The lowest BCUT2D eigenvalue weighted by Gasteiger charge is -2.15. The van der Waals surface area contributed by atoms with Crippen LogP contribution in [0.1, 0.15) is 6.42 Å². The van der Waals surface area contributed by atoms with Gasteiger partial charge in [-0.2, -0.15) is 0 Å². The van der Waals surface area contributed by atoms with Gasteiger partial charge in [0, 0.05) is 30.6 Å². The van der Waals surface area contributed by atoms with Gasteiger partial charge in [0.05, 0.1) is 5.52 Å². The molecule has 0 N–H and O–H groups in total. The number of hydrogen-bond acceptors (Lipinski definition) is 3. The molecule has 1 aliphatic heterocycles. The number of nitrogens with zero attached hydrogens (tertiary/aromatic N) is 3. The second-order valence-corrected chi connectivity index (χ2v) is 4.79. The summed E-state index contributed by atoms with van der Waals surface area (Å²) in [6.45, 7) is 1.98. The normalized spacial score (nSPS) is 20.1. The van der Waals surface area contributed by atoms with E-state index in [-0.39, 0.29) is 0 Å². The minimum absolute atomic E-state index is 0.576. The summed E-state index contributed by atoms with van der Waals surface area (Å²) in [7, 11) is 0. The van der Waals surface area contributed by atoms with Crippen LogP contribution in [0.2, 0.25) is 0 Å². The maximum Gasteiger partial charge on any atom is 0.225 e. The largest absolute Gasteiger partial charge is 0.340 e. The van der Waals surface area contributed by atoms with Gasteiger partial charge in [-0.05, 0) is 18.4 Å². The number of aromatic nitrogens is 2. The highest BCUT2D eigenvalue weighted by Gasteiger charge is 2.23. The molecule has 4 heteroatoms. The molecule has 0 aliphatic carbocycles. The van der Waals surface area contributed by atoms with Crippen LogP contribution in [0, 0.1) is 5.92 Å². The first kappa shape index (κ1) is 10.8. The van der Waals surface area contributed by atoms with E-state index in [2.05, 4.69) is 14.9 Å². The van der Waals surface area contributed by atoms with Crippen molar-refractivity contribution in [1.82, 2.24) is 9.97 Å². The van der Waals surface area contributed by atoms with Crippen molar-refractivity contribution < 1.29 is 0 Å². The Hall–Kier alpha value is -1.35. The Kier molecular flexibility index (Phi) is 2.85. The molecule has 1 saturated heterocycles. The summed E-state index contributed by atoms with van der Waals surface area (Å²) >= 11 is 5.89. The fraction of sp³-hybridized carbons (Fsp3) is 0.385. The summed E-state index contributed by atoms with van der Waals surface area (Å²) in [5.74, 6) is 2.13. The molecule has 2 heterocycles. The Morgan fingerprint density at radius 1 is 1.35 bits per heavy atom. The number of hydrogen-bond donors (Lipinski definition) is 0. The molecule has 3 nitrogen and oxygen atoms in total. The topological polar surface area (TPSA) is 29.0 Å². The molecule has 0 spiro atoms. The standard InChI is InChI=1S/C13H14ClN3/c14-7-10-5-6-17(9-10)13-15-8-11-3-1-2-4-12(11)16-13/h1-4,8,10H,5-7,9H2. The van der Waals surface area contributed by atoms with Gasteiger partial charge in [0.2, 0.25) is 5.95 Å². The molecule has 1 unspecified atom stereocenters. The van der Waals surface area contributed by atoms with Crippen molar-refractivity contribution in [3.8, 4) is 0 Å². The van der Waals surface area contributed by atoms with Crippen LogP contribution in [0.25, 0.3) is 10.9 Å². The number of benzene rings is 1. The third-order valence-electron chi connectivity index (χ3n) is 3.26. The highest BCUT2D eigenvalue weighted by Crippen LogP contribution is 2.22. The number of rotatable bonds is 2. The van der Waals surface area contributed by atoms with Gasteiger partial charge in [-0.3, -0.25) is 0 Å². The zero-order valence-corrected chi connectivity index (χ0v) is 10.3. The van der Waals surface area contributed by atoms with Crippen molar-refractivity contribution in [1.29, 1.82) is 0 Å². The summed E-state index contributed by atoms with van der Waals surface area (Å²) in [4.78, 5) is 11.2. The molecular formula is C13H14ClN3. The zero-order valence-electron chi connectivity index (χ0n) is 9.51. The molecule has 1 aliphatic rings. The van der Waals surface area contributed by atoms with Gasteiger partial charge in [0.25, 0.3) is 0 Å². The molecule has 17 heavy (non-hydrogen) atoms. The fourth-order valence-corrected chi connectivity index (χ4v) is 2.51. The van der Waals surface area contributed by atoms with Crippen LogP contribution in [0.15, 0.2) is 30.5 Å². The Morgan fingerprint density at radius 3 is 3.06 bits per heavy atom. The maximum absolute atomic E-state index is 5.89. The van der Waals surface area contributed by atoms with E-state index >= 15 is 0 Å². The highest BCUT2D eigenvalue weighted by molar-refractivity contribution is 6.18. The average molecular weight is 248 g/mol. The second-order valence-electron chi connectivity index (χ2n) is 4.48. The van der Waals surface area contributed by atoms with Gasteiger partial charge >= 0.3 is 0 Å². The van der Waals surface area contributed by atoms with Gasteiger partial charge in [0.15, 0.2) is 0 Å². The SMILES string of the molecule is ClCC1CCN(c2ncc3ccccc3n2)C1. The fourth-order valence-electron chi connectivity index (χ4n) is 2.26. The number of fused-ring (bicyclic) bond motifs is 1. The van der Waals surface area contributed by atoms with Crippen LogP contribution in [-0.4, -0.2) is 28.9 Å². The van der Waals surface area contributed by atoms with E-state index in [4.69, 9.17) is 11.6 Å². The Labute approximate surface area is 105 Å². The van der Waals surface area contributed by atoms with Crippen LogP contribution in [0.5, 0.6) is 0 Å². The average Bonchev–Trinajstić information content (AvgIpc) is 2.87. The summed E-state index contributed by atoms with van der Waals surface area (Å²) < 4.78 is 0. The van der Waals surface area contributed by atoms with Crippen LogP contribution < -0.4 is 4.90 Å². The first-order valence-electron chi connectivity index (χ1n) is 5.89. The van der Waals surface area contributed by atoms with E-state index in [9.17, 15) is 0 Å². The van der Waals surface area contributed by atoms with Crippen molar-refractivity contribution in [3.63, 3.8) is 0 Å². The second kappa shape index (κ2) is 4.49. The summed E-state index contributed by atoms with van der Waals surface area (Å²) in [6.07, 6.45) is 3.03. The van der Waals surface area contributed by atoms with Crippen LogP contribution in [-0.2, 0) is 0 Å². The first-order valence-corrected chi connectivity index (χ1v) is 6.43. The van der Waals surface area contributed by atoms with Crippen LogP contribution >= 0.6 is 11.6 Å². The summed E-state index contributed by atoms with van der Waals surface area (Å²) in [6, 6.07) is 8.07. The predicted molar refractivity (Wildman–Crippen MR) is 70.6 cm³/mol. The zero-order chi connectivity index (χ0) is 11.7. The quantitative estimate of drug-likeness (QED) is 0.764. The lowest BCUT2D eigenvalue weighted by atomic mass is 10.2. The van der Waals surface area contributed by atoms with Crippen LogP contribution in [0.3, 0.4) is 0 Å². The Morgan fingerprint density at radius 2 is 2.24 bits per heavy atom. The van der Waals surface area contributed by atoms with Gasteiger partial charge in [0.1, 0.15) is 0 Å². The number of anilines is 1. The Balaban J connectivity index is 1.91. The molecule has 88 valence electrons. The predicted octanol–water partition coefficient (Wildman–Crippen LogP) is 2.69. The molecule has 2 aromatic rings. The number of halogens is 1. The van der Waals surface area contributed by atoms with Crippen LogP contribution in [0.4, 0.5) is 5.95 Å². The monoisotopic (exact) mass is 247 g/mol. The van der Waals surface area contributed by atoms with E-state index in [0.29, 0.717) is 5.92 Å². The van der Waals surface area contributed by atoms with Crippen molar-refractivity contribution in [3.05, 3.63) is 30.5 Å². The van der Waals surface area contributed by atoms with Crippen molar-refractivity contribution >= 4 is 28.5 Å². The van der Waals surface area contributed by atoms with Gasteiger partial charge in [-0.15, -0.1) is 11.6 Å². The number of alkyl halides is 1. The summed E-state index contributed by atoms with van der Waals surface area (Å²) in [5.41, 5.74) is 1.01. The minimum Gasteiger partial charge on any atom is -0.340 e. The van der Waals surface area contributed by atoms with Gasteiger partial charge in [-0.1, -0.05) is 18.2 Å². The lowest BCUT2D eigenvalue weighted by Crippen LogP contribution is -2.22. The third kappa shape index (κ3) is 2.07. The Bertz CT molecular complexity index is 529. The first-order chi connectivity index (χ1) is 8.36. The van der Waals surface area contributed by atoms with E-state index in [0.717, 1.165) is 42.2 Å². The molecule has 1 aromatic heterocycles. The molecule has 0 radical (unpaired) electrons. The van der Waals surface area contributed by atoms with Gasteiger partial charge < -0.3 is 4.90 Å². The van der Waals surface area contributed by atoms with Crippen molar-refractivity contribution in [2.24, 2.45) is 5.92 Å². The van der Waals surface area contributed by atoms with E-state index < -0.39 is 0 Å². The smallest absolute Gasteiger partial charge is 0.225 e. The molecule has 1 aromatic carbocycles. The molecule has 0 bridgehead atoms. The maximum atomic E-state index is 5.89. The number of para-hydroxylation sites is 1. The summed E-state index contributed by atoms with van der Waals surface area (Å²) in [5, 5.41) is 1.09. The third-order valence-corrected chi connectivity index (χ3v) is 3.70. The molecule has 0 amide bonds. The lowest BCUT2D eigenvalue weighted by molar-refractivity contribution is 0.666. The molecule has 1 atom stereocenters. The molecule has 1 fully saturated rings. The molecule has 0 saturated carbocycles. The van der Waals surface area contributed by atoms with E-state index in [1.54, 1.807) is 0 Å². The molecule has 3 rings (SSSR count).